The van der Waals surface area contributed by atoms with Crippen LogP contribution < -0.4 is 5.56 Å². The maximum Gasteiger partial charge on any atom is 0.264 e. The fourth-order valence-electron chi connectivity index (χ4n) is 5.21. The van der Waals surface area contributed by atoms with Gasteiger partial charge >= 0.3 is 0 Å². The van der Waals surface area contributed by atoms with Crippen molar-refractivity contribution in [3.05, 3.63) is 82.1 Å². The number of unbranched alkanes of at least 4 members (excludes halogenated alkanes) is 1. The van der Waals surface area contributed by atoms with E-state index in [1.165, 1.54) is 0 Å². The minimum atomic E-state index is -0.152. The third kappa shape index (κ3) is 2.53. The number of hydrogen-bond acceptors (Lipinski definition) is 4. The van der Waals surface area contributed by atoms with Crippen LogP contribution in [0.3, 0.4) is 0 Å². The number of aromatic nitrogens is 2. The Balaban J connectivity index is 1.85. The second-order valence-corrected chi connectivity index (χ2v) is 8.72. The summed E-state index contributed by atoms with van der Waals surface area (Å²) in [7, 11) is 0. The second-order valence-electron chi connectivity index (χ2n) is 8.72. The van der Waals surface area contributed by atoms with E-state index in [1.54, 1.807) is 4.40 Å². The molecule has 0 radical (unpaired) electrons. The van der Waals surface area contributed by atoms with Crippen molar-refractivity contribution in [1.29, 1.82) is 5.26 Å². The molecule has 35 heavy (non-hydrogen) atoms. The lowest BCUT2D eigenvalue weighted by Gasteiger charge is -2.15. The van der Waals surface area contributed by atoms with E-state index < -0.39 is 0 Å². The Morgan fingerprint density at radius 3 is 2.60 bits per heavy atom. The number of imidazole rings is 1. The maximum absolute atomic E-state index is 13.9. The quantitative estimate of drug-likeness (QED) is 0.162. The molecule has 164 valence electrons. The van der Waals surface area contributed by atoms with Crippen molar-refractivity contribution >= 4 is 60.2 Å². The molecule has 5 heteroatoms. The van der Waals surface area contributed by atoms with Crippen LogP contribution in [0, 0.1) is 23.2 Å². The van der Waals surface area contributed by atoms with Crippen LogP contribution in [0.15, 0.2) is 69.9 Å². The van der Waals surface area contributed by atoms with Gasteiger partial charge in [-0.3, -0.25) is 9.20 Å². The first kappa shape index (κ1) is 19.6. The zero-order valence-electron chi connectivity index (χ0n) is 18.8. The van der Waals surface area contributed by atoms with Crippen molar-refractivity contribution in [2.24, 2.45) is 0 Å². The van der Waals surface area contributed by atoms with Crippen LogP contribution in [0.4, 0.5) is 0 Å². The van der Waals surface area contributed by atoms with Crippen LogP contribution in [-0.4, -0.2) is 9.38 Å². The third-order valence-corrected chi connectivity index (χ3v) is 6.68. The highest BCUT2D eigenvalue weighted by molar-refractivity contribution is 6.30. The summed E-state index contributed by atoms with van der Waals surface area (Å²) in [5.41, 5.74) is 4.30. The molecule has 3 aromatic heterocycles. The molecule has 0 aliphatic rings. The summed E-state index contributed by atoms with van der Waals surface area (Å²) in [5, 5.41) is 14.6. The Morgan fingerprint density at radius 1 is 0.943 bits per heavy atom. The molecule has 0 aliphatic heterocycles. The molecule has 7 rings (SSSR count). The molecule has 3 heterocycles. The Hall–Kier alpha value is -4.87. The molecule has 0 bridgehead atoms. The Morgan fingerprint density at radius 2 is 1.74 bits per heavy atom. The van der Waals surface area contributed by atoms with E-state index in [0.717, 1.165) is 50.8 Å². The first-order valence-electron chi connectivity index (χ1n) is 11.6. The molecule has 0 atom stereocenters. The highest BCUT2D eigenvalue weighted by atomic mass is 16.3. The summed E-state index contributed by atoms with van der Waals surface area (Å²) in [6.07, 6.45) is 1.67. The Kier molecular flexibility index (Phi) is 3.95. The van der Waals surface area contributed by atoms with E-state index >= 15 is 0 Å². The summed E-state index contributed by atoms with van der Waals surface area (Å²) in [6.45, 7) is 2.08. The van der Waals surface area contributed by atoms with Gasteiger partial charge in [-0.05, 0) is 36.8 Å². The van der Waals surface area contributed by atoms with Gasteiger partial charge in [0.25, 0.3) is 5.56 Å². The van der Waals surface area contributed by atoms with Gasteiger partial charge in [0.05, 0.1) is 33.6 Å². The minimum absolute atomic E-state index is 0.152. The van der Waals surface area contributed by atoms with Gasteiger partial charge < -0.3 is 4.42 Å². The third-order valence-electron chi connectivity index (χ3n) is 6.68. The molecule has 4 aromatic carbocycles. The SMILES string of the molecule is CCCC#Cc1cc2c(=O)n3c4ccccc4nc3c3cc(C#N)c4c5ccccc5oc1c4c23. The summed E-state index contributed by atoms with van der Waals surface area (Å²) in [4.78, 5) is 18.7. The average Bonchev–Trinajstić information content (AvgIpc) is 3.29. The van der Waals surface area contributed by atoms with E-state index in [2.05, 4.69) is 24.8 Å². The molecule has 0 unspecified atom stereocenters. The molecular weight excluding hydrogens is 434 g/mol. The van der Waals surface area contributed by atoms with Gasteiger partial charge in [-0.2, -0.15) is 5.26 Å². The van der Waals surface area contributed by atoms with Gasteiger partial charge in [-0.15, -0.1) is 0 Å². The standard InChI is InChI=1S/C30H17N3O2/c1-2-3-4-9-17-14-21-26-20(29-32-22-11-6-7-12-23(22)33(29)30(21)34)15-18(16-31)25-19-10-5-8-13-24(19)35-28(17)27(25)26/h5-8,10-15H,2-3H2,1H3. The number of para-hydroxylation sites is 3. The van der Waals surface area contributed by atoms with Crippen molar-refractivity contribution in [2.75, 3.05) is 0 Å². The van der Waals surface area contributed by atoms with Crippen LogP contribution in [0.2, 0.25) is 0 Å². The van der Waals surface area contributed by atoms with E-state index in [4.69, 9.17) is 9.40 Å². The van der Waals surface area contributed by atoms with Crippen LogP contribution in [-0.2, 0) is 0 Å². The Labute approximate surface area is 199 Å². The Bertz CT molecular complexity index is 2160. The number of pyridine rings is 1. The highest BCUT2D eigenvalue weighted by Crippen LogP contribution is 2.42. The molecule has 7 aromatic rings. The van der Waals surface area contributed by atoms with Crippen molar-refractivity contribution in [1.82, 2.24) is 9.38 Å². The van der Waals surface area contributed by atoms with Crippen molar-refractivity contribution in [3.63, 3.8) is 0 Å². The van der Waals surface area contributed by atoms with Crippen LogP contribution in [0.25, 0.3) is 60.2 Å². The number of nitriles is 1. The van der Waals surface area contributed by atoms with Gasteiger partial charge in [-0.25, -0.2) is 4.98 Å². The van der Waals surface area contributed by atoms with E-state index in [-0.39, 0.29) is 5.56 Å². The number of rotatable bonds is 1. The predicted molar refractivity (Wildman–Crippen MR) is 139 cm³/mol. The van der Waals surface area contributed by atoms with Crippen LogP contribution in [0.5, 0.6) is 0 Å². The summed E-state index contributed by atoms with van der Waals surface area (Å²) >= 11 is 0. The summed E-state index contributed by atoms with van der Waals surface area (Å²) in [5.74, 6) is 6.45. The lowest BCUT2D eigenvalue weighted by molar-refractivity contribution is 0.661. The first-order valence-corrected chi connectivity index (χ1v) is 11.6. The monoisotopic (exact) mass is 451 g/mol. The van der Waals surface area contributed by atoms with Gasteiger partial charge in [0.1, 0.15) is 11.2 Å². The number of fused-ring (bicyclic) bond motifs is 6. The summed E-state index contributed by atoms with van der Waals surface area (Å²) in [6, 6.07) is 21.4. The molecular formula is C30H17N3O2. The average molecular weight is 451 g/mol. The zero-order chi connectivity index (χ0) is 23.7. The van der Waals surface area contributed by atoms with E-state index in [9.17, 15) is 10.1 Å². The van der Waals surface area contributed by atoms with Crippen molar-refractivity contribution in [3.8, 4) is 17.9 Å². The van der Waals surface area contributed by atoms with Gasteiger partial charge in [0, 0.05) is 33.4 Å². The van der Waals surface area contributed by atoms with Crippen LogP contribution in [0.1, 0.15) is 30.9 Å². The topological polar surface area (TPSA) is 71.3 Å². The van der Waals surface area contributed by atoms with E-state index in [0.29, 0.717) is 33.3 Å². The number of hydrogen-bond donors (Lipinski definition) is 0. The molecule has 0 amide bonds. The predicted octanol–water partition coefficient (Wildman–Crippen LogP) is 6.51. The number of benzene rings is 4. The van der Waals surface area contributed by atoms with Crippen LogP contribution >= 0.6 is 0 Å². The normalized spacial score (nSPS) is 11.7. The highest BCUT2D eigenvalue weighted by Gasteiger charge is 2.24. The fraction of sp³-hybridized carbons (Fsp3) is 0.100. The molecule has 0 aliphatic carbocycles. The summed E-state index contributed by atoms with van der Waals surface area (Å²) < 4.78 is 8.07. The first-order chi connectivity index (χ1) is 17.2. The second kappa shape index (κ2) is 7.06. The zero-order valence-corrected chi connectivity index (χ0v) is 18.8. The minimum Gasteiger partial charge on any atom is -0.455 e. The van der Waals surface area contributed by atoms with E-state index in [1.807, 2.05) is 60.7 Å². The smallest absolute Gasteiger partial charge is 0.264 e. The molecule has 5 nitrogen and oxygen atoms in total. The lowest BCUT2D eigenvalue weighted by atomic mass is 9.91. The largest absolute Gasteiger partial charge is 0.455 e. The molecule has 0 saturated heterocycles. The van der Waals surface area contributed by atoms with Gasteiger partial charge in [0.2, 0.25) is 0 Å². The van der Waals surface area contributed by atoms with Gasteiger partial charge in [0.15, 0.2) is 5.58 Å². The fourth-order valence-corrected chi connectivity index (χ4v) is 5.21. The molecule has 0 N–H and O–H groups in total. The van der Waals surface area contributed by atoms with Gasteiger partial charge in [-0.1, -0.05) is 49.1 Å². The molecule has 0 spiro atoms. The molecule has 0 fully saturated rings. The number of nitrogens with zero attached hydrogens (tertiary/aromatic N) is 3. The maximum atomic E-state index is 13.9. The van der Waals surface area contributed by atoms with Crippen molar-refractivity contribution < 1.29 is 4.42 Å². The molecule has 0 saturated carbocycles. The van der Waals surface area contributed by atoms with Crippen molar-refractivity contribution in [2.45, 2.75) is 19.8 Å². The lowest BCUT2D eigenvalue weighted by Crippen LogP contribution is -2.14.